The first-order valence-electron chi connectivity index (χ1n) is 5.82. The Morgan fingerprint density at radius 3 is 2.74 bits per heavy atom. The Labute approximate surface area is 108 Å². The van der Waals surface area contributed by atoms with Crippen molar-refractivity contribution >= 4 is 22.7 Å². The lowest BCUT2D eigenvalue weighted by Crippen LogP contribution is -2.52. The number of amides is 1. The Hall–Kier alpha value is -2.34. The molecule has 2 aromatic rings. The molecule has 0 fully saturated rings. The Bertz CT molecular complexity index is 704. The first kappa shape index (κ1) is 11.7. The molecule has 1 aliphatic rings. The van der Waals surface area contributed by atoms with E-state index >= 15 is 0 Å². The first-order chi connectivity index (χ1) is 9.06. The van der Waals surface area contributed by atoms with E-state index in [-0.39, 0.29) is 17.4 Å². The second-order valence-electron chi connectivity index (χ2n) is 4.53. The Morgan fingerprint density at radius 2 is 2.05 bits per heavy atom. The van der Waals surface area contributed by atoms with Crippen LogP contribution < -0.4 is 0 Å². The van der Waals surface area contributed by atoms with E-state index in [0.29, 0.717) is 10.9 Å². The Morgan fingerprint density at radius 1 is 1.32 bits per heavy atom. The van der Waals surface area contributed by atoms with Crippen molar-refractivity contribution in [1.29, 1.82) is 0 Å². The largest absolute Gasteiger partial charge is 0.506 e. The summed E-state index contributed by atoms with van der Waals surface area (Å²) in [5, 5.41) is 19.8. The van der Waals surface area contributed by atoms with E-state index in [0.717, 1.165) is 0 Å². The molecule has 1 atom stereocenters. The molecule has 0 saturated heterocycles. The van der Waals surface area contributed by atoms with Crippen LogP contribution in [0.25, 0.3) is 10.9 Å². The lowest BCUT2D eigenvalue weighted by Gasteiger charge is -2.31. The number of aliphatic hydroxyl groups is 1. The van der Waals surface area contributed by atoms with Gasteiger partial charge in [-0.3, -0.25) is 14.2 Å². The third kappa shape index (κ3) is 1.40. The van der Waals surface area contributed by atoms with Crippen LogP contribution in [0.2, 0.25) is 0 Å². The number of aliphatic hydroxyl groups excluding tert-OH is 1. The zero-order chi connectivity index (χ0) is 13.7. The molecule has 1 aromatic heterocycles. The van der Waals surface area contributed by atoms with Crippen LogP contribution in [-0.4, -0.2) is 51.2 Å². The van der Waals surface area contributed by atoms with E-state index in [4.69, 9.17) is 0 Å². The number of phenols is 1. The lowest BCUT2D eigenvalue weighted by atomic mass is 10.1. The van der Waals surface area contributed by atoms with E-state index in [1.807, 2.05) is 0 Å². The minimum Gasteiger partial charge on any atom is -0.506 e. The smallest absolute Gasteiger partial charge is 0.271 e. The summed E-state index contributed by atoms with van der Waals surface area (Å²) in [4.78, 5) is 25.7. The molecule has 6 heteroatoms. The second kappa shape index (κ2) is 3.83. The maximum absolute atomic E-state index is 12.3. The molecule has 98 valence electrons. The van der Waals surface area contributed by atoms with Gasteiger partial charge in [0, 0.05) is 12.4 Å². The molecule has 19 heavy (non-hydrogen) atoms. The fourth-order valence-electron chi connectivity index (χ4n) is 2.46. The third-order valence-corrected chi connectivity index (χ3v) is 3.49. The van der Waals surface area contributed by atoms with Crippen molar-refractivity contribution in [3.05, 3.63) is 30.0 Å². The van der Waals surface area contributed by atoms with E-state index < -0.39 is 18.6 Å². The average Bonchev–Trinajstić information content (AvgIpc) is 2.78. The van der Waals surface area contributed by atoms with Gasteiger partial charge in [-0.05, 0) is 12.1 Å². The summed E-state index contributed by atoms with van der Waals surface area (Å²) in [5.41, 5.74) is 0.510. The normalized spacial score (nSPS) is 19.1. The van der Waals surface area contributed by atoms with Crippen molar-refractivity contribution in [3.8, 4) is 5.75 Å². The molecule has 6 nitrogen and oxygen atoms in total. The number of hydrogen-bond acceptors (Lipinski definition) is 4. The van der Waals surface area contributed by atoms with Crippen molar-refractivity contribution in [2.24, 2.45) is 0 Å². The predicted molar refractivity (Wildman–Crippen MR) is 67.2 cm³/mol. The van der Waals surface area contributed by atoms with Crippen LogP contribution in [0.4, 0.5) is 0 Å². The lowest BCUT2D eigenvalue weighted by molar-refractivity contribution is 0.0475. The van der Waals surface area contributed by atoms with E-state index in [2.05, 4.69) is 0 Å². The van der Waals surface area contributed by atoms with Gasteiger partial charge in [0.25, 0.3) is 11.8 Å². The fraction of sp³-hybridized carbons (Fsp3) is 0.231. The maximum Gasteiger partial charge on any atom is 0.271 e. The molecular formula is C13H12N2O4. The van der Waals surface area contributed by atoms with Crippen molar-refractivity contribution in [2.75, 3.05) is 13.7 Å². The van der Waals surface area contributed by atoms with Gasteiger partial charge in [-0.15, -0.1) is 0 Å². The van der Waals surface area contributed by atoms with Gasteiger partial charge in [-0.1, -0.05) is 12.1 Å². The molecule has 0 aliphatic carbocycles. The number of phenolic OH excluding ortho intramolecular Hbond substituents is 1. The van der Waals surface area contributed by atoms with Crippen molar-refractivity contribution in [2.45, 2.75) is 6.04 Å². The van der Waals surface area contributed by atoms with Crippen LogP contribution in [0.1, 0.15) is 15.3 Å². The highest BCUT2D eigenvalue weighted by molar-refractivity contribution is 6.11. The van der Waals surface area contributed by atoms with Gasteiger partial charge in [0.15, 0.2) is 0 Å². The van der Waals surface area contributed by atoms with Gasteiger partial charge < -0.3 is 15.1 Å². The number of aromatic nitrogens is 1. The topological polar surface area (TPSA) is 82.8 Å². The molecule has 0 radical (unpaired) electrons. The number of carbonyl (C=O) groups excluding carboxylic acids is 2. The van der Waals surface area contributed by atoms with E-state index in [1.165, 1.54) is 22.6 Å². The molecule has 0 spiro atoms. The quantitative estimate of drug-likeness (QED) is 0.779. The van der Waals surface area contributed by atoms with Gasteiger partial charge in [0.1, 0.15) is 17.5 Å². The molecule has 0 bridgehead atoms. The standard InChI is InChI=1S/C13H12N2O4/c1-14-9(6-16)13(19)15-8(12(14)18)5-7-3-2-4-10(17)11(7)15/h2-5,9,16-17H,6H2,1H3. The molecule has 0 saturated carbocycles. The summed E-state index contributed by atoms with van der Waals surface area (Å²) < 4.78 is 1.19. The van der Waals surface area contributed by atoms with Crippen LogP contribution in [0.15, 0.2) is 24.3 Å². The number of aromatic hydroxyl groups is 1. The van der Waals surface area contributed by atoms with Gasteiger partial charge in [0.05, 0.1) is 12.1 Å². The maximum atomic E-state index is 12.3. The highest BCUT2D eigenvalue weighted by Gasteiger charge is 2.38. The monoisotopic (exact) mass is 260 g/mol. The number of fused-ring (bicyclic) bond motifs is 3. The molecule has 3 rings (SSSR count). The number of likely N-dealkylation sites (N-methyl/N-ethyl adjacent to an activating group) is 1. The molecular weight excluding hydrogens is 248 g/mol. The van der Waals surface area contributed by atoms with Crippen molar-refractivity contribution in [3.63, 3.8) is 0 Å². The van der Waals surface area contributed by atoms with Crippen LogP contribution in [0.3, 0.4) is 0 Å². The summed E-state index contributed by atoms with van der Waals surface area (Å²) in [7, 11) is 1.47. The average molecular weight is 260 g/mol. The van der Waals surface area contributed by atoms with Crippen molar-refractivity contribution in [1.82, 2.24) is 9.47 Å². The SMILES string of the molecule is CN1C(=O)c2cc3cccc(O)c3n2C(=O)C1CO. The first-order valence-corrected chi connectivity index (χ1v) is 5.82. The minimum absolute atomic E-state index is 0.0638. The Kier molecular flexibility index (Phi) is 2.36. The molecule has 1 aromatic carbocycles. The zero-order valence-electron chi connectivity index (χ0n) is 10.2. The molecule has 1 amide bonds. The van der Waals surface area contributed by atoms with Gasteiger partial charge in [0.2, 0.25) is 0 Å². The number of nitrogens with zero attached hydrogens (tertiary/aromatic N) is 2. The van der Waals surface area contributed by atoms with Crippen LogP contribution in [0, 0.1) is 0 Å². The number of carbonyl (C=O) groups is 2. The number of rotatable bonds is 1. The van der Waals surface area contributed by atoms with Gasteiger partial charge in [-0.2, -0.15) is 0 Å². The predicted octanol–water partition coefficient (Wildman–Crippen LogP) is 0.434. The zero-order valence-corrected chi connectivity index (χ0v) is 10.2. The molecule has 1 unspecified atom stereocenters. The summed E-state index contributed by atoms with van der Waals surface area (Å²) in [5.74, 6) is -0.837. The number of benzene rings is 1. The minimum atomic E-state index is -0.921. The van der Waals surface area contributed by atoms with Gasteiger partial charge in [-0.25, -0.2) is 0 Å². The highest BCUT2D eigenvalue weighted by atomic mass is 16.3. The Balaban J connectivity index is 2.37. The molecule has 2 heterocycles. The molecule has 1 aliphatic heterocycles. The van der Waals surface area contributed by atoms with Crippen LogP contribution >= 0.6 is 0 Å². The van der Waals surface area contributed by atoms with Gasteiger partial charge >= 0.3 is 0 Å². The third-order valence-electron chi connectivity index (χ3n) is 3.49. The summed E-state index contributed by atoms with van der Waals surface area (Å²) in [6.07, 6.45) is 0. The second-order valence-corrected chi connectivity index (χ2v) is 4.53. The van der Waals surface area contributed by atoms with E-state index in [9.17, 15) is 19.8 Å². The van der Waals surface area contributed by atoms with Crippen LogP contribution in [0.5, 0.6) is 5.75 Å². The fourth-order valence-corrected chi connectivity index (χ4v) is 2.46. The molecule has 2 N–H and O–H groups in total. The number of para-hydroxylation sites is 1. The highest BCUT2D eigenvalue weighted by Crippen LogP contribution is 2.31. The van der Waals surface area contributed by atoms with E-state index in [1.54, 1.807) is 18.2 Å². The number of hydrogen-bond donors (Lipinski definition) is 2. The van der Waals surface area contributed by atoms with Crippen molar-refractivity contribution < 1.29 is 19.8 Å². The summed E-state index contributed by atoms with van der Waals surface area (Å²) in [6.45, 7) is -0.451. The summed E-state index contributed by atoms with van der Waals surface area (Å²) >= 11 is 0. The van der Waals surface area contributed by atoms with Crippen LogP contribution in [-0.2, 0) is 0 Å². The summed E-state index contributed by atoms with van der Waals surface area (Å²) in [6, 6.07) is 5.47.